The molecule has 2 N–H and O–H groups in total. The number of hydrogen-bond acceptors (Lipinski definition) is 3. The summed E-state index contributed by atoms with van der Waals surface area (Å²) in [7, 11) is 0. The largest absolute Gasteiger partial charge is 0.431 e. The van der Waals surface area contributed by atoms with Crippen LogP contribution in [0.2, 0.25) is 0 Å². The lowest BCUT2D eigenvalue weighted by atomic mass is 9.77. The van der Waals surface area contributed by atoms with Gasteiger partial charge in [0, 0.05) is 17.4 Å². The van der Waals surface area contributed by atoms with E-state index in [1.807, 2.05) is 0 Å². The first-order chi connectivity index (χ1) is 11.8. The summed E-state index contributed by atoms with van der Waals surface area (Å²) in [6.07, 6.45) is -6.86. The summed E-state index contributed by atoms with van der Waals surface area (Å²) in [5.41, 5.74) is 1.64. The average molecular weight is 389 g/mol. The minimum absolute atomic E-state index is 0.525. The van der Waals surface area contributed by atoms with Crippen molar-refractivity contribution >= 4 is 5.91 Å². The summed E-state index contributed by atoms with van der Waals surface area (Å²) in [6.45, 7) is -1.89. The fourth-order valence-electron chi connectivity index (χ4n) is 3.06. The lowest BCUT2D eigenvalue weighted by Gasteiger charge is -2.32. The molecule has 0 radical (unpaired) electrons. The molecule has 146 valence electrons. The van der Waals surface area contributed by atoms with E-state index in [0.29, 0.717) is 13.0 Å². The van der Waals surface area contributed by atoms with E-state index in [-0.39, 0.29) is 0 Å². The second-order valence-corrected chi connectivity index (χ2v) is 6.02. The van der Waals surface area contributed by atoms with Gasteiger partial charge in [0.1, 0.15) is 6.10 Å². The average Bonchev–Trinajstić information content (AvgIpc) is 2.77. The third kappa shape index (κ3) is 3.19. The molecule has 0 aromatic heterocycles. The van der Waals surface area contributed by atoms with E-state index in [1.165, 1.54) is 0 Å². The number of ether oxygens (including phenoxy) is 2. The number of carbonyl (C=O) groups is 1. The Hall–Kier alpha value is -2.04. The summed E-state index contributed by atoms with van der Waals surface area (Å²) in [6, 6.07) is 1.29. The van der Waals surface area contributed by atoms with Crippen LogP contribution in [0, 0.1) is 17.6 Å². The number of nitrogens with two attached hydrogens (primary N) is 1. The van der Waals surface area contributed by atoms with Crippen LogP contribution >= 0.6 is 0 Å². The fraction of sp³-hybridized carbons (Fsp3) is 0.533. The first kappa shape index (κ1) is 20.3. The molecule has 1 heterocycles. The number of amides is 1. The van der Waals surface area contributed by atoms with Gasteiger partial charge in [0.15, 0.2) is 17.2 Å². The number of rotatable bonds is 4. The number of primary amides is 1. The number of alkyl halides is 5. The van der Waals surface area contributed by atoms with Gasteiger partial charge in [-0.05, 0) is 13.0 Å². The van der Waals surface area contributed by atoms with E-state index in [1.54, 1.807) is 0 Å². The van der Waals surface area contributed by atoms with Crippen LogP contribution < -0.4 is 10.5 Å². The molecular weight excluding hydrogens is 375 g/mol. The molecule has 0 unspecified atom stereocenters. The standard InChI is InChI=1S/C15H14F7NO3/c1-5-8(11(12(23)24)26-14(5,2)15(20,21)22)6-3-4-7(16)9(17)10(6)25-13(18)19/h3-5,8,11,13H,1-2H3,(H2,23,24)/t5-,8-,11+,14+/m0/s1. The van der Waals surface area contributed by atoms with Crippen molar-refractivity contribution in [2.45, 2.75) is 44.3 Å². The van der Waals surface area contributed by atoms with Crippen molar-refractivity contribution < 1.29 is 45.0 Å². The molecule has 1 aromatic carbocycles. The maximum atomic E-state index is 13.9. The molecule has 0 bridgehead atoms. The van der Waals surface area contributed by atoms with Gasteiger partial charge in [-0.25, -0.2) is 4.39 Å². The van der Waals surface area contributed by atoms with Gasteiger partial charge in [0.2, 0.25) is 11.7 Å². The highest BCUT2D eigenvalue weighted by Gasteiger charge is 2.65. The summed E-state index contributed by atoms with van der Waals surface area (Å²) >= 11 is 0. The van der Waals surface area contributed by atoms with E-state index in [2.05, 4.69) is 4.74 Å². The Balaban J connectivity index is 2.65. The lowest BCUT2D eigenvalue weighted by Crippen LogP contribution is -2.47. The smallest absolute Gasteiger partial charge is 0.417 e. The fourth-order valence-corrected chi connectivity index (χ4v) is 3.06. The predicted octanol–water partition coefficient (Wildman–Crippen LogP) is 3.49. The Morgan fingerprint density at radius 3 is 2.35 bits per heavy atom. The number of halogens is 7. The van der Waals surface area contributed by atoms with Crippen LogP contribution in [-0.4, -0.2) is 30.4 Å². The van der Waals surface area contributed by atoms with Crippen LogP contribution in [0.25, 0.3) is 0 Å². The normalized spacial score (nSPS) is 29.2. The van der Waals surface area contributed by atoms with Crippen molar-refractivity contribution in [1.82, 2.24) is 0 Å². The summed E-state index contributed by atoms with van der Waals surface area (Å²) in [4.78, 5) is 11.6. The van der Waals surface area contributed by atoms with Crippen LogP contribution in [0.1, 0.15) is 25.3 Å². The molecule has 2 rings (SSSR count). The molecule has 1 fully saturated rings. The lowest BCUT2D eigenvalue weighted by molar-refractivity contribution is -0.272. The molecule has 26 heavy (non-hydrogen) atoms. The highest BCUT2D eigenvalue weighted by molar-refractivity contribution is 5.81. The highest BCUT2D eigenvalue weighted by atomic mass is 19.4. The Bertz CT molecular complexity index is 709. The van der Waals surface area contributed by atoms with Crippen molar-refractivity contribution in [2.75, 3.05) is 0 Å². The van der Waals surface area contributed by atoms with Crippen LogP contribution in [-0.2, 0) is 9.53 Å². The molecule has 1 amide bonds. The van der Waals surface area contributed by atoms with Crippen LogP contribution in [0.15, 0.2) is 12.1 Å². The quantitative estimate of drug-likeness (QED) is 0.802. The first-order valence-electron chi connectivity index (χ1n) is 7.27. The second-order valence-electron chi connectivity index (χ2n) is 6.02. The van der Waals surface area contributed by atoms with Crippen molar-refractivity contribution in [3.63, 3.8) is 0 Å². The van der Waals surface area contributed by atoms with Crippen LogP contribution in [0.3, 0.4) is 0 Å². The Morgan fingerprint density at radius 1 is 1.31 bits per heavy atom. The monoisotopic (exact) mass is 389 g/mol. The second kappa shape index (κ2) is 6.60. The van der Waals surface area contributed by atoms with Gasteiger partial charge in [-0.1, -0.05) is 13.0 Å². The maximum Gasteiger partial charge on any atom is 0.417 e. The van der Waals surface area contributed by atoms with Gasteiger partial charge in [-0.2, -0.15) is 26.3 Å². The zero-order valence-corrected chi connectivity index (χ0v) is 13.4. The predicted molar refractivity (Wildman–Crippen MR) is 73.4 cm³/mol. The Labute approximate surface area is 143 Å². The number of benzene rings is 1. The highest BCUT2D eigenvalue weighted by Crippen LogP contribution is 2.54. The SMILES string of the molecule is C[C@H]1[C@@H](c2ccc(F)c(F)c2OC(F)F)[C@H](C(N)=O)O[C@@]1(C)C(F)(F)F. The minimum Gasteiger partial charge on any atom is -0.431 e. The molecule has 1 aromatic rings. The molecule has 1 saturated heterocycles. The molecule has 1 aliphatic rings. The number of hydrogen-bond donors (Lipinski definition) is 1. The van der Waals surface area contributed by atoms with Crippen molar-refractivity contribution in [2.24, 2.45) is 11.7 Å². The zero-order chi connectivity index (χ0) is 20.0. The van der Waals surface area contributed by atoms with E-state index < -0.39 is 65.2 Å². The van der Waals surface area contributed by atoms with E-state index in [4.69, 9.17) is 10.5 Å². The van der Waals surface area contributed by atoms with Gasteiger partial charge in [0.05, 0.1) is 0 Å². The van der Waals surface area contributed by atoms with Crippen LogP contribution in [0.5, 0.6) is 5.75 Å². The molecular formula is C15H14F7NO3. The van der Waals surface area contributed by atoms with E-state index in [0.717, 1.165) is 13.0 Å². The Morgan fingerprint density at radius 2 is 1.88 bits per heavy atom. The molecule has 0 aliphatic carbocycles. The van der Waals surface area contributed by atoms with Crippen molar-refractivity contribution in [1.29, 1.82) is 0 Å². The third-order valence-corrected chi connectivity index (χ3v) is 4.60. The van der Waals surface area contributed by atoms with Gasteiger partial charge in [-0.3, -0.25) is 4.79 Å². The zero-order valence-electron chi connectivity index (χ0n) is 13.4. The van der Waals surface area contributed by atoms with E-state index in [9.17, 15) is 35.5 Å². The topological polar surface area (TPSA) is 61.5 Å². The van der Waals surface area contributed by atoms with Gasteiger partial charge < -0.3 is 15.2 Å². The van der Waals surface area contributed by atoms with Gasteiger partial charge >= 0.3 is 12.8 Å². The van der Waals surface area contributed by atoms with E-state index >= 15 is 0 Å². The summed E-state index contributed by atoms with van der Waals surface area (Å²) < 4.78 is 102. The molecule has 11 heteroatoms. The maximum absolute atomic E-state index is 13.9. The molecule has 0 saturated carbocycles. The van der Waals surface area contributed by atoms with Gasteiger partial charge in [0.25, 0.3) is 0 Å². The minimum atomic E-state index is -4.95. The van der Waals surface area contributed by atoms with Crippen molar-refractivity contribution in [3.05, 3.63) is 29.3 Å². The number of carbonyl (C=O) groups excluding carboxylic acids is 1. The summed E-state index contributed by atoms with van der Waals surface area (Å²) in [5, 5.41) is 0. The first-order valence-corrected chi connectivity index (χ1v) is 7.27. The molecule has 1 aliphatic heterocycles. The molecule has 0 spiro atoms. The summed E-state index contributed by atoms with van der Waals surface area (Å²) in [5.74, 6) is -9.13. The van der Waals surface area contributed by atoms with Gasteiger partial charge in [-0.15, -0.1) is 0 Å². The van der Waals surface area contributed by atoms with Crippen LogP contribution in [0.4, 0.5) is 30.7 Å². The van der Waals surface area contributed by atoms with Crippen molar-refractivity contribution in [3.8, 4) is 5.75 Å². The molecule has 4 atom stereocenters. The Kier molecular flexibility index (Phi) is 5.15. The molecule has 4 nitrogen and oxygen atoms in total. The third-order valence-electron chi connectivity index (χ3n) is 4.60.